The van der Waals surface area contributed by atoms with Gasteiger partial charge in [0, 0.05) is 23.6 Å². The molecule has 3 aromatic rings. The zero-order valence-corrected chi connectivity index (χ0v) is 18.1. The highest BCUT2D eigenvalue weighted by molar-refractivity contribution is 9.10. The van der Waals surface area contributed by atoms with Crippen LogP contribution in [0, 0.1) is 0 Å². The van der Waals surface area contributed by atoms with E-state index < -0.39 is 24.0 Å². The number of carbonyl (C=O) groups excluding carboxylic acids is 3. The molecule has 3 rings (SSSR count). The molecule has 1 aromatic heterocycles. The second kappa shape index (κ2) is 9.98. The summed E-state index contributed by atoms with van der Waals surface area (Å²) in [6.45, 7) is 0.0195. The third-order valence-electron chi connectivity index (χ3n) is 4.40. The lowest BCUT2D eigenvalue weighted by molar-refractivity contribution is -0.156. The minimum Gasteiger partial charge on any atom is -0.447 e. The lowest BCUT2D eigenvalue weighted by atomic mass is 10.1. The predicted octanol–water partition coefficient (Wildman–Crippen LogP) is 2.29. The van der Waals surface area contributed by atoms with Crippen molar-refractivity contribution in [1.29, 1.82) is 0 Å². The highest BCUT2D eigenvalue weighted by Crippen LogP contribution is 2.19. The molecule has 0 saturated heterocycles. The van der Waals surface area contributed by atoms with Crippen molar-refractivity contribution in [3.63, 3.8) is 0 Å². The third kappa shape index (κ3) is 5.54. The summed E-state index contributed by atoms with van der Waals surface area (Å²) < 4.78 is 7.38. The zero-order chi connectivity index (χ0) is 22.4. The first kappa shape index (κ1) is 22.2. The number of halogens is 1. The smallest absolute Gasteiger partial charge is 0.321 e. The predicted molar refractivity (Wildman–Crippen MR) is 116 cm³/mol. The standard InChI is InChI=1S/C21H19BrN4O5/c1-23-21(30)25-19(28)18(13-5-3-2-4-6-13)31-17(27)9-10-26-12-24-16-8-7-14(22)11-15(16)20(26)29/h2-8,11-12,18H,9-10H2,1H3,(H2,23,25,28,30). The van der Waals surface area contributed by atoms with Crippen LogP contribution in [0.15, 0.2) is 64.1 Å². The van der Waals surface area contributed by atoms with E-state index in [0.29, 0.717) is 16.5 Å². The van der Waals surface area contributed by atoms with Gasteiger partial charge in [-0.15, -0.1) is 0 Å². The summed E-state index contributed by atoms with van der Waals surface area (Å²) in [4.78, 5) is 53.2. The molecule has 31 heavy (non-hydrogen) atoms. The van der Waals surface area contributed by atoms with Gasteiger partial charge >= 0.3 is 12.0 Å². The summed E-state index contributed by atoms with van der Waals surface area (Å²) in [5, 5.41) is 4.79. The first-order valence-corrected chi connectivity index (χ1v) is 10.1. The number of rotatable bonds is 6. The van der Waals surface area contributed by atoms with Gasteiger partial charge in [0.1, 0.15) is 0 Å². The van der Waals surface area contributed by atoms with E-state index in [2.05, 4.69) is 31.5 Å². The second-order valence-electron chi connectivity index (χ2n) is 6.50. The molecule has 3 amide bonds. The number of hydrogen-bond donors (Lipinski definition) is 2. The van der Waals surface area contributed by atoms with Gasteiger partial charge in [-0.05, 0) is 18.2 Å². The number of fused-ring (bicyclic) bond motifs is 1. The number of benzene rings is 2. The van der Waals surface area contributed by atoms with Gasteiger partial charge in [-0.1, -0.05) is 46.3 Å². The number of nitrogens with one attached hydrogen (secondary N) is 2. The van der Waals surface area contributed by atoms with E-state index in [1.165, 1.54) is 17.9 Å². The number of hydrogen-bond acceptors (Lipinski definition) is 6. The molecule has 1 heterocycles. The molecule has 160 valence electrons. The van der Waals surface area contributed by atoms with Crippen LogP contribution in [0.4, 0.5) is 4.79 Å². The Hall–Kier alpha value is -3.53. The topological polar surface area (TPSA) is 119 Å². The van der Waals surface area contributed by atoms with Crippen molar-refractivity contribution in [2.45, 2.75) is 19.1 Å². The van der Waals surface area contributed by atoms with E-state index in [-0.39, 0.29) is 18.5 Å². The molecule has 0 bridgehead atoms. The molecular formula is C21H19BrN4O5. The van der Waals surface area contributed by atoms with Crippen molar-refractivity contribution in [1.82, 2.24) is 20.2 Å². The van der Waals surface area contributed by atoms with Gasteiger partial charge < -0.3 is 10.1 Å². The van der Waals surface area contributed by atoms with E-state index >= 15 is 0 Å². The SMILES string of the molecule is CNC(=O)NC(=O)C(OC(=O)CCn1cnc2ccc(Br)cc2c1=O)c1ccccc1. The number of amides is 3. The van der Waals surface area contributed by atoms with Crippen molar-refractivity contribution in [2.75, 3.05) is 7.05 Å². The fourth-order valence-electron chi connectivity index (χ4n) is 2.83. The average molecular weight is 487 g/mol. The molecule has 2 N–H and O–H groups in total. The molecule has 0 saturated carbocycles. The molecule has 2 aromatic carbocycles. The fourth-order valence-corrected chi connectivity index (χ4v) is 3.19. The van der Waals surface area contributed by atoms with Crippen molar-refractivity contribution in [3.05, 3.63) is 75.2 Å². The molecule has 9 nitrogen and oxygen atoms in total. The van der Waals surface area contributed by atoms with Crippen LogP contribution in [0.5, 0.6) is 0 Å². The van der Waals surface area contributed by atoms with Crippen LogP contribution in [0.1, 0.15) is 18.1 Å². The van der Waals surface area contributed by atoms with Crippen LogP contribution in [-0.4, -0.2) is 34.5 Å². The zero-order valence-electron chi connectivity index (χ0n) is 16.5. The number of urea groups is 1. The quantitative estimate of drug-likeness (QED) is 0.515. The monoisotopic (exact) mass is 486 g/mol. The van der Waals surface area contributed by atoms with Gasteiger partial charge in [0.2, 0.25) is 6.10 Å². The van der Waals surface area contributed by atoms with Crippen molar-refractivity contribution in [2.24, 2.45) is 0 Å². The Bertz CT molecular complexity index is 1180. The normalized spacial score (nSPS) is 11.5. The summed E-state index contributed by atoms with van der Waals surface area (Å²) in [5.74, 6) is -1.49. The summed E-state index contributed by atoms with van der Waals surface area (Å²) in [6.07, 6.45) is -0.121. The first-order chi connectivity index (χ1) is 14.9. The molecule has 0 radical (unpaired) electrons. The van der Waals surface area contributed by atoms with Gasteiger partial charge in [-0.25, -0.2) is 9.78 Å². The van der Waals surface area contributed by atoms with Gasteiger partial charge in [0.15, 0.2) is 0 Å². The molecule has 0 fully saturated rings. The summed E-state index contributed by atoms with van der Waals surface area (Å²) in [6, 6.07) is 12.8. The van der Waals surface area contributed by atoms with Crippen LogP contribution >= 0.6 is 15.9 Å². The van der Waals surface area contributed by atoms with Crippen molar-refractivity contribution >= 4 is 44.7 Å². The summed E-state index contributed by atoms with van der Waals surface area (Å²) in [7, 11) is 1.36. The lowest BCUT2D eigenvalue weighted by Crippen LogP contribution is -2.41. The molecule has 1 atom stereocenters. The molecule has 0 aliphatic rings. The van der Waals surface area contributed by atoms with E-state index in [9.17, 15) is 19.2 Å². The number of ether oxygens (including phenoxy) is 1. The molecule has 10 heteroatoms. The first-order valence-electron chi connectivity index (χ1n) is 9.30. The highest BCUT2D eigenvalue weighted by Gasteiger charge is 2.26. The Labute approximate surface area is 185 Å². The van der Waals surface area contributed by atoms with E-state index in [1.54, 1.807) is 48.5 Å². The molecule has 0 aliphatic heterocycles. The van der Waals surface area contributed by atoms with Crippen LogP contribution < -0.4 is 16.2 Å². The Morgan fingerprint density at radius 1 is 1.16 bits per heavy atom. The van der Waals surface area contributed by atoms with E-state index in [0.717, 1.165) is 4.47 Å². The van der Waals surface area contributed by atoms with E-state index in [4.69, 9.17) is 4.74 Å². The number of aryl methyl sites for hydroxylation is 1. The summed E-state index contributed by atoms with van der Waals surface area (Å²) >= 11 is 3.32. The van der Waals surface area contributed by atoms with Gasteiger partial charge in [0.05, 0.1) is 23.7 Å². The molecular weight excluding hydrogens is 468 g/mol. The maximum absolute atomic E-state index is 12.6. The second-order valence-corrected chi connectivity index (χ2v) is 7.42. The number of aromatic nitrogens is 2. The number of esters is 1. The van der Waals surface area contributed by atoms with Crippen LogP contribution in [0.2, 0.25) is 0 Å². The fraction of sp³-hybridized carbons (Fsp3) is 0.190. The number of carbonyl (C=O) groups is 3. The number of imide groups is 1. The summed E-state index contributed by atoms with van der Waals surface area (Å²) in [5.41, 5.74) is 0.657. The van der Waals surface area contributed by atoms with Gasteiger partial charge in [-0.3, -0.25) is 24.3 Å². The molecule has 0 spiro atoms. The van der Waals surface area contributed by atoms with Crippen LogP contribution in [-0.2, 0) is 20.9 Å². The van der Waals surface area contributed by atoms with Gasteiger partial charge in [-0.2, -0.15) is 0 Å². The minimum atomic E-state index is -1.31. The molecule has 0 aliphatic carbocycles. The van der Waals surface area contributed by atoms with Gasteiger partial charge in [0.25, 0.3) is 11.5 Å². The maximum Gasteiger partial charge on any atom is 0.321 e. The Morgan fingerprint density at radius 2 is 1.90 bits per heavy atom. The van der Waals surface area contributed by atoms with Crippen molar-refractivity contribution in [3.8, 4) is 0 Å². The highest BCUT2D eigenvalue weighted by atomic mass is 79.9. The Balaban J connectivity index is 1.73. The third-order valence-corrected chi connectivity index (χ3v) is 4.89. The minimum absolute atomic E-state index is 0.0195. The van der Waals surface area contributed by atoms with Crippen LogP contribution in [0.25, 0.3) is 10.9 Å². The van der Waals surface area contributed by atoms with E-state index in [1.807, 2.05) is 0 Å². The largest absolute Gasteiger partial charge is 0.447 e. The van der Waals surface area contributed by atoms with Crippen molar-refractivity contribution < 1.29 is 19.1 Å². The lowest BCUT2D eigenvalue weighted by Gasteiger charge is -2.17. The molecule has 1 unspecified atom stereocenters. The van der Waals surface area contributed by atoms with Crippen LogP contribution in [0.3, 0.4) is 0 Å². The Kier molecular flexibility index (Phi) is 7.14. The maximum atomic E-state index is 12.6. The number of nitrogens with zero attached hydrogens (tertiary/aromatic N) is 2. The average Bonchev–Trinajstić information content (AvgIpc) is 2.77. The Morgan fingerprint density at radius 3 is 2.61 bits per heavy atom.